The smallest absolute Gasteiger partial charge is 0.313 e. The van der Waals surface area contributed by atoms with Gasteiger partial charge < -0.3 is 4.74 Å². The topological polar surface area (TPSA) is 26.3 Å². The van der Waals surface area contributed by atoms with Crippen LogP contribution in [0.5, 0.6) is 0 Å². The molecule has 1 rings (SSSR count). The second-order valence-electron chi connectivity index (χ2n) is 5.41. The van der Waals surface area contributed by atoms with Crippen LogP contribution in [0.25, 0.3) is 0 Å². The monoisotopic (exact) mass is 446 g/mol. The van der Waals surface area contributed by atoms with Gasteiger partial charge in [0.2, 0.25) is 3.79 Å². The molecule has 2 atom stereocenters. The maximum atomic E-state index is 12.5. The zero-order valence-electron chi connectivity index (χ0n) is 12.7. The van der Waals surface area contributed by atoms with E-state index in [1.807, 2.05) is 31.2 Å². The molecule has 0 aliphatic heterocycles. The van der Waals surface area contributed by atoms with Gasteiger partial charge >= 0.3 is 5.97 Å². The summed E-state index contributed by atoms with van der Waals surface area (Å²) in [4.78, 5) is 12.5. The first-order valence-electron chi connectivity index (χ1n) is 7.29. The molecule has 0 aliphatic carbocycles. The summed E-state index contributed by atoms with van der Waals surface area (Å²) in [5, 5.41) is 0. The summed E-state index contributed by atoms with van der Waals surface area (Å²) in [5.41, 5.74) is 0.829. The summed E-state index contributed by atoms with van der Waals surface area (Å²) in [6, 6.07) is 7.44. The first-order chi connectivity index (χ1) is 10.7. The number of esters is 1. The lowest BCUT2D eigenvalue weighted by Gasteiger charge is -2.24. The van der Waals surface area contributed by atoms with Crippen LogP contribution in [0.4, 0.5) is 4.39 Å². The molecule has 0 spiro atoms. The van der Waals surface area contributed by atoms with E-state index in [2.05, 4.69) is 15.9 Å². The Bertz CT molecular complexity index is 491. The molecule has 1 aromatic carbocycles. The minimum atomic E-state index is -1.64. The zero-order valence-corrected chi connectivity index (χ0v) is 16.6. The second-order valence-corrected chi connectivity index (χ2v) is 8.85. The van der Waals surface area contributed by atoms with Crippen LogP contribution in [-0.4, -0.2) is 23.0 Å². The molecule has 2 nitrogen and oxygen atoms in total. The minimum Gasteiger partial charge on any atom is -0.461 e. The Morgan fingerprint density at radius 2 is 1.87 bits per heavy atom. The zero-order chi connectivity index (χ0) is 17.5. The standard InChI is InChI=1S/C16H19BrCl3FO2/c1-11(4-2-3-9-21)14(12-5-7-13(17)8-6-12)15(22)23-10-16(18,19)20/h5-8,11,14H,2-4,9-10H2,1H3/t11-,14+/m1/s1. The van der Waals surface area contributed by atoms with Crippen LogP contribution < -0.4 is 0 Å². The molecule has 0 fully saturated rings. The summed E-state index contributed by atoms with van der Waals surface area (Å²) in [7, 11) is 0. The van der Waals surface area contributed by atoms with Gasteiger partial charge in [0.15, 0.2) is 0 Å². The molecule has 0 heterocycles. The Kier molecular flexibility index (Phi) is 9.20. The highest BCUT2D eigenvalue weighted by Gasteiger charge is 2.30. The average Bonchev–Trinajstić information content (AvgIpc) is 2.47. The lowest BCUT2D eigenvalue weighted by Crippen LogP contribution is -2.26. The predicted octanol–water partition coefficient (Wildman–Crippen LogP) is 6.22. The molecule has 0 unspecified atom stereocenters. The molecule has 0 aromatic heterocycles. The number of benzene rings is 1. The first-order valence-corrected chi connectivity index (χ1v) is 9.22. The van der Waals surface area contributed by atoms with Crippen LogP contribution in [0.15, 0.2) is 28.7 Å². The summed E-state index contributed by atoms with van der Waals surface area (Å²) >= 11 is 20.3. The van der Waals surface area contributed by atoms with Crippen LogP contribution >= 0.6 is 50.7 Å². The van der Waals surface area contributed by atoms with E-state index in [1.165, 1.54) is 0 Å². The molecule has 0 amide bonds. The molecule has 0 N–H and O–H groups in total. The van der Waals surface area contributed by atoms with Crippen molar-refractivity contribution in [3.63, 3.8) is 0 Å². The molecule has 0 aliphatic rings. The van der Waals surface area contributed by atoms with Crippen molar-refractivity contribution in [1.82, 2.24) is 0 Å². The van der Waals surface area contributed by atoms with Crippen LogP contribution in [0.3, 0.4) is 0 Å². The number of hydrogen-bond donors (Lipinski definition) is 0. The average molecular weight is 449 g/mol. The molecule has 23 heavy (non-hydrogen) atoms. The van der Waals surface area contributed by atoms with E-state index in [1.54, 1.807) is 0 Å². The number of rotatable bonds is 8. The fourth-order valence-electron chi connectivity index (χ4n) is 2.34. The van der Waals surface area contributed by atoms with E-state index >= 15 is 0 Å². The Morgan fingerprint density at radius 3 is 2.39 bits per heavy atom. The maximum absolute atomic E-state index is 12.5. The molecule has 130 valence electrons. The van der Waals surface area contributed by atoms with Gasteiger partial charge in [0.25, 0.3) is 0 Å². The number of unbranched alkanes of at least 4 members (excludes halogenated alkanes) is 1. The van der Waals surface area contributed by atoms with Crippen LogP contribution in [0.1, 0.15) is 37.7 Å². The third-order valence-electron chi connectivity index (χ3n) is 3.47. The fraction of sp³-hybridized carbons (Fsp3) is 0.562. The van der Waals surface area contributed by atoms with Gasteiger partial charge in [-0.05, 0) is 36.5 Å². The number of hydrogen-bond acceptors (Lipinski definition) is 2. The van der Waals surface area contributed by atoms with Crippen molar-refractivity contribution in [3.8, 4) is 0 Å². The molecule has 0 saturated heterocycles. The largest absolute Gasteiger partial charge is 0.461 e. The lowest BCUT2D eigenvalue weighted by molar-refractivity contribution is -0.146. The summed E-state index contributed by atoms with van der Waals surface area (Å²) in [5.74, 6) is -0.924. The molecule has 7 heteroatoms. The Morgan fingerprint density at radius 1 is 1.26 bits per heavy atom. The number of carbonyl (C=O) groups excluding carboxylic acids is 1. The summed E-state index contributed by atoms with van der Waals surface area (Å²) in [6.07, 6.45) is 1.91. The number of alkyl halides is 4. The number of carbonyl (C=O) groups is 1. The Balaban J connectivity index is 2.87. The van der Waals surface area contributed by atoms with Gasteiger partial charge in [0, 0.05) is 4.47 Å². The van der Waals surface area contributed by atoms with Crippen molar-refractivity contribution in [2.24, 2.45) is 5.92 Å². The van der Waals surface area contributed by atoms with E-state index in [4.69, 9.17) is 39.5 Å². The third-order valence-corrected chi connectivity index (χ3v) is 4.33. The SMILES string of the molecule is C[C@H](CCCCF)[C@H](C(=O)OCC(Cl)(Cl)Cl)c1ccc(Br)cc1. The van der Waals surface area contributed by atoms with Crippen molar-refractivity contribution < 1.29 is 13.9 Å². The van der Waals surface area contributed by atoms with Crippen molar-refractivity contribution in [2.45, 2.75) is 35.9 Å². The summed E-state index contributed by atoms with van der Waals surface area (Å²) < 4.78 is 16.7. The van der Waals surface area contributed by atoms with Crippen LogP contribution in [-0.2, 0) is 9.53 Å². The lowest BCUT2D eigenvalue weighted by atomic mass is 9.84. The van der Waals surface area contributed by atoms with E-state index in [0.29, 0.717) is 19.3 Å². The molecule has 1 aromatic rings. The Labute approximate surface area is 159 Å². The van der Waals surface area contributed by atoms with Gasteiger partial charge in [-0.25, -0.2) is 0 Å². The predicted molar refractivity (Wildman–Crippen MR) is 97.1 cm³/mol. The quantitative estimate of drug-likeness (QED) is 0.268. The van der Waals surface area contributed by atoms with E-state index < -0.39 is 15.7 Å². The van der Waals surface area contributed by atoms with Gasteiger partial charge in [0.05, 0.1) is 12.6 Å². The van der Waals surface area contributed by atoms with Gasteiger partial charge in [-0.2, -0.15) is 0 Å². The van der Waals surface area contributed by atoms with Crippen molar-refractivity contribution in [2.75, 3.05) is 13.3 Å². The summed E-state index contributed by atoms with van der Waals surface area (Å²) in [6.45, 7) is 1.29. The molecule has 0 bridgehead atoms. The van der Waals surface area contributed by atoms with E-state index in [0.717, 1.165) is 10.0 Å². The third kappa shape index (κ3) is 8.06. The highest BCUT2D eigenvalue weighted by atomic mass is 79.9. The minimum absolute atomic E-state index is 0.00870. The van der Waals surface area contributed by atoms with E-state index in [-0.39, 0.29) is 19.2 Å². The number of halogens is 5. The van der Waals surface area contributed by atoms with Gasteiger partial charge in [0.1, 0.15) is 6.61 Å². The second kappa shape index (κ2) is 10.1. The highest BCUT2D eigenvalue weighted by Crippen LogP contribution is 2.32. The Hall–Kier alpha value is -0.0300. The normalized spacial score (nSPS) is 14.3. The first kappa shape index (κ1) is 21.0. The fourth-order valence-corrected chi connectivity index (χ4v) is 2.77. The van der Waals surface area contributed by atoms with Crippen LogP contribution in [0.2, 0.25) is 0 Å². The van der Waals surface area contributed by atoms with Crippen molar-refractivity contribution in [3.05, 3.63) is 34.3 Å². The van der Waals surface area contributed by atoms with E-state index in [9.17, 15) is 9.18 Å². The highest BCUT2D eigenvalue weighted by molar-refractivity contribution is 9.10. The van der Waals surface area contributed by atoms with Crippen LogP contribution in [0, 0.1) is 5.92 Å². The van der Waals surface area contributed by atoms with Gasteiger partial charge in [-0.15, -0.1) is 0 Å². The number of ether oxygens (including phenoxy) is 1. The molecule has 0 saturated carbocycles. The maximum Gasteiger partial charge on any atom is 0.313 e. The van der Waals surface area contributed by atoms with Crippen molar-refractivity contribution >= 4 is 56.7 Å². The van der Waals surface area contributed by atoms with Crippen molar-refractivity contribution in [1.29, 1.82) is 0 Å². The van der Waals surface area contributed by atoms with Gasteiger partial charge in [-0.1, -0.05) is 76.2 Å². The molecule has 0 radical (unpaired) electrons. The van der Waals surface area contributed by atoms with Gasteiger partial charge in [-0.3, -0.25) is 9.18 Å². The molecular formula is C16H19BrCl3FO2. The molecular weight excluding hydrogens is 429 g/mol.